The molecule has 0 radical (unpaired) electrons. The molecule has 27 heavy (non-hydrogen) atoms. The van der Waals surface area contributed by atoms with Crippen LogP contribution in [-0.4, -0.2) is 25.0 Å². The molecule has 0 aliphatic heterocycles. The molecule has 1 atom stereocenters. The first-order valence-corrected chi connectivity index (χ1v) is 8.37. The van der Waals surface area contributed by atoms with Gasteiger partial charge in [0.1, 0.15) is 17.4 Å². The van der Waals surface area contributed by atoms with Gasteiger partial charge in [-0.05, 0) is 37.3 Å². The minimum absolute atomic E-state index is 0.184. The van der Waals surface area contributed by atoms with Gasteiger partial charge in [-0.25, -0.2) is 8.78 Å². The number of hydrogen-bond acceptors (Lipinski definition) is 4. The third-order valence-corrected chi connectivity index (χ3v) is 3.77. The van der Waals surface area contributed by atoms with Crippen LogP contribution in [0.4, 0.5) is 8.78 Å². The Bertz CT molecular complexity index is 803. The molecule has 9 heteroatoms. The second kappa shape index (κ2) is 9.84. The maximum Gasteiger partial charge on any atom is 0.276 e. The molecule has 2 aromatic carbocycles. The average molecular weight is 398 g/mol. The fourth-order valence-electron chi connectivity index (χ4n) is 2.11. The van der Waals surface area contributed by atoms with Crippen molar-refractivity contribution in [3.05, 3.63) is 64.7 Å². The van der Waals surface area contributed by atoms with Crippen LogP contribution in [0.15, 0.2) is 42.5 Å². The number of carbonyl (C=O) groups excluding carboxylic acids is 2. The van der Waals surface area contributed by atoms with Gasteiger partial charge in [0.05, 0.1) is 6.54 Å². The van der Waals surface area contributed by atoms with Crippen molar-refractivity contribution in [3.8, 4) is 5.75 Å². The molecule has 0 heterocycles. The van der Waals surface area contributed by atoms with Gasteiger partial charge in [0, 0.05) is 22.7 Å². The lowest BCUT2D eigenvalue weighted by molar-refractivity contribution is -0.129. The number of ether oxygens (including phenoxy) is 1. The fraction of sp³-hybridized carbons (Fsp3) is 0.222. The first-order valence-electron chi connectivity index (χ1n) is 7.99. The lowest BCUT2D eigenvalue weighted by Gasteiger charge is -2.15. The summed E-state index contributed by atoms with van der Waals surface area (Å²) >= 11 is 5.74. The first-order chi connectivity index (χ1) is 12.8. The molecule has 0 spiro atoms. The van der Waals surface area contributed by atoms with Crippen LogP contribution in [0.5, 0.6) is 5.75 Å². The molecule has 2 rings (SSSR count). The van der Waals surface area contributed by atoms with Gasteiger partial charge in [-0.3, -0.25) is 20.4 Å². The Morgan fingerprint density at radius 2 is 1.74 bits per heavy atom. The van der Waals surface area contributed by atoms with Gasteiger partial charge >= 0.3 is 0 Å². The van der Waals surface area contributed by atoms with Crippen molar-refractivity contribution in [2.45, 2.75) is 13.0 Å². The van der Waals surface area contributed by atoms with Gasteiger partial charge in [-0.2, -0.15) is 0 Å². The monoisotopic (exact) mass is 397 g/mol. The number of hydrogen-bond donors (Lipinski definition) is 3. The van der Waals surface area contributed by atoms with E-state index in [1.165, 1.54) is 6.07 Å². The third kappa shape index (κ3) is 6.84. The van der Waals surface area contributed by atoms with Crippen molar-refractivity contribution >= 4 is 23.4 Å². The van der Waals surface area contributed by atoms with Crippen molar-refractivity contribution in [1.82, 2.24) is 16.2 Å². The SMILES string of the molecule is C[C@@H](NCC(=O)NNC(=O)COc1ccc(Cl)cc1)c1ccc(F)cc1F. The highest BCUT2D eigenvalue weighted by atomic mass is 35.5. The molecule has 0 aliphatic rings. The number of nitrogens with one attached hydrogen (secondary N) is 3. The standard InChI is InChI=1S/C18H18ClF2N3O3/c1-11(15-7-4-13(20)8-16(15)21)22-9-17(25)23-24-18(26)10-27-14-5-2-12(19)3-6-14/h2-8,11,22H,9-10H2,1H3,(H,23,25)(H,24,26)/t11-/m1/s1. The van der Waals surface area contributed by atoms with E-state index >= 15 is 0 Å². The Balaban J connectivity index is 1.69. The van der Waals surface area contributed by atoms with E-state index in [4.69, 9.17) is 16.3 Å². The summed E-state index contributed by atoms with van der Waals surface area (Å²) in [5, 5.41) is 3.32. The van der Waals surface area contributed by atoms with Crippen LogP contribution in [0, 0.1) is 11.6 Å². The Morgan fingerprint density at radius 3 is 2.41 bits per heavy atom. The number of carbonyl (C=O) groups is 2. The molecule has 0 fully saturated rings. The molecule has 3 N–H and O–H groups in total. The van der Waals surface area contributed by atoms with Crippen molar-refractivity contribution in [3.63, 3.8) is 0 Å². The largest absolute Gasteiger partial charge is 0.484 e. The lowest BCUT2D eigenvalue weighted by atomic mass is 10.1. The van der Waals surface area contributed by atoms with Gasteiger partial charge in [0.2, 0.25) is 0 Å². The molecule has 2 amide bonds. The van der Waals surface area contributed by atoms with E-state index in [9.17, 15) is 18.4 Å². The summed E-state index contributed by atoms with van der Waals surface area (Å²) in [6, 6.07) is 9.13. The highest BCUT2D eigenvalue weighted by Gasteiger charge is 2.13. The molecule has 6 nitrogen and oxygen atoms in total. The second-order valence-corrected chi connectivity index (χ2v) is 6.04. The zero-order valence-electron chi connectivity index (χ0n) is 14.4. The summed E-state index contributed by atoms with van der Waals surface area (Å²) in [4.78, 5) is 23.4. The summed E-state index contributed by atoms with van der Waals surface area (Å²) in [5.41, 5.74) is 4.62. The van der Waals surface area contributed by atoms with Gasteiger partial charge < -0.3 is 10.1 Å². The Labute approximate surface area is 159 Å². The van der Waals surface area contributed by atoms with E-state index in [0.717, 1.165) is 12.1 Å². The zero-order valence-corrected chi connectivity index (χ0v) is 15.1. The third-order valence-electron chi connectivity index (χ3n) is 3.52. The minimum Gasteiger partial charge on any atom is -0.484 e. The summed E-state index contributed by atoms with van der Waals surface area (Å²) in [6.45, 7) is 1.14. The lowest BCUT2D eigenvalue weighted by Crippen LogP contribution is -2.47. The normalized spacial score (nSPS) is 11.6. The second-order valence-electron chi connectivity index (χ2n) is 5.61. The summed E-state index contributed by atoms with van der Waals surface area (Å²) < 4.78 is 31.8. The Kier molecular flexibility index (Phi) is 7.51. The van der Waals surface area contributed by atoms with E-state index in [-0.39, 0.29) is 18.7 Å². The predicted octanol–water partition coefficient (Wildman–Crippen LogP) is 2.50. The van der Waals surface area contributed by atoms with Crippen LogP contribution in [0.1, 0.15) is 18.5 Å². The van der Waals surface area contributed by atoms with Gasteiger partial charge in [0.25, 0.3) is 11.8 Å². The number of rotatable bonds is 7. The molecule has 0 saturated carbocycles. The predicted molar refractivity (Wildman–Crippen MR) is 96.0 cm³/mol. The molecule has 2 aromatic rings. The average Bonchev–Trinajstić information content (AvgIpc) is 2.64. The highest BCUT2D eigenvalue weighted by Crippen LogP contribution is 2.17. The van der Waals surface area contributed by atoms with Crippen molar-refractivity contribution in [1.29, 1.82) is 0 Å². The first kappa shape index (κ1) is 20.6. The summed E-state index contributed by atoms with van der Waals surface area (Å²) in [5.74, 6) is -2.02. The van der Waals surface area contributed by atoms with E-state index in [2.05, 4.69) is 16.2 Å². The van der Waals surface area contributed by atoms with Gasteiger partial charge in [0.15, 0.2) is 6.61 Å². The molecular weight excluding hydrogens is 380 g/mol. The number of benzene rings is 2. The van der Waals surface area contributed by atoms with E-state index in [1.54, 1.807) is 31.2 Å². The Hall–Kier alpha value is -2.71. The molecular formula is C18H18ClF2N3O3. The minimum atomic E-state index is -0.706. The van der Waals surface area contributed by atoms with Gasteiger partial charge in [-0.15, -0.1) is 0 Å². The van der Waals surface area contributed by atoms with Crippen LogP contribution >= 0.6 is 11.6 Å². The molecule has 0 aromatic heterocycles. The summed E-state index contributed by atoms with van der Waals surface area (Å²) in [6.07, 6.45) is 0. The summed E-state index contributed by atoms with van der Waals surface area (Å²) in [7, 11) is 0. The quantitative estimate of drug-likeness (QED) is 0.627. The molecule has 0 aliphatic carbocycles. The maximum atomic E-state index is 13.7. The smallest absolute Gasteiger partial charge is 0.276 e. The van der Waals surface area contributed by atoms with Crippen LogP contribution in [-0.2, 0) is 9.59 Å². The van der Waals surface area contributed by atoms with Crippen LogP contribution in [0.25, 0.3) is 0 Å². The Morgan fingerprint density at radius 1 is 1.07 bits per heavy atom. The van der Waals surface area contributed by atoms with Crippen molar-refractivity contribution in [2.24, 2.45) is 0 Å². The van der Waals surface area contributed by atoms with E-state index in [1.807, 2.05) is 0 Å². The molecule has 0 unspecified atom stereocenters. The topological polar surface area (TPSA) is 79.5 Å². The van der Waals surface area contributed by atoms with Crippen molar-refractivity contribution < 1.29 is 23.1 Å². The maximum absolute atomic E-state index is 13.7. The van der Waals surface area contributed by atoms with Crippen molar-refractivity contribution in [2.75, 3.05) is 13.2 Å². The number of halogens is 3. The fourth-order valence-corrected chi connectivity index (χ4v) is 2.23. The molecule has 144 valence electrons. The van der Waals surface area contributed by atoms with Crippen LogP contribution in [0.3, 0.4) is 0 Å². The molecule has 0 bridgehead atoms. The molecule has 0 saturated heterocycles. The van der Waals surface area contributed by atoms with E-state index in [0.29, 0.717) is 10.8 Å². The number of amides is 2. The van der Waals surface area contributed by atoms with Crippen LogP contribution in [0.2, 0.25) is 5.02 Å². The number of hydrazine groups is 1. The van der Waals surface area contributed by atoms with Gasteiger partial charge in [-0.1, -0.05) is 17.7 Å². The zero-order chi connectivity index (χ0) is 19.8. The van der Waals surface area contributed by atoms with Crippen LogP contribution < -0.4 is 20.9 Å². The highest BCUT2D eigenvalue weighted by molar-refractivity contribution is 6.30. The van der Waals surface area contributed by atoms with E-state index < -0.39 is 29.5 Å².